The van der Waals surface area contributed by atoms with E-state index in [0.717, 1.165) is 12.8 Å². The van der Waals surface area contributed by atoms with Crippen molar-refractivity contribution < 1.29 is 5.11 Å². The van der Waals surface area contributed by atoms with Crippen molar-refractivity contribution in [3.05, 3.63) is 23.3 Å². The van der Waals surface area contributed by atoms with Crippen molar-refractivity contribution in [2.45, 2.75) is 53.6 Å². The Morgan fingerprint density at radius 3 is 2.67 bits per heavy atom. The van der Waals surface area contributed by atoms with Gasteiger partial charge in [0.2, 0.25) is 0 Å². The summed E-state index contributed by atoms with van der Waals surface area (Å²) in [5.41, 5.74) is 3.21. The second-order valence-corrected chi connectivity index (χ2v) is 5.43. The molecule has 1 heteroatoms. The zero-order valence-corrected chi connectivity index (χ0v) is 10.7. The molecule has 1 rings (SSSR count). The highest BCUT2D eigenvalue weighted by Crippen LogP contribution is 2.46. The molecule has 0 fully saturated rings. The van der Waals surface area contributed by atoms with Crippen LogP contribution in [0, 0.1) is 11.3 Å². The molecule has 1 aliphatic carbocycles. The Bertz CT molecular complexity index is 282. The molecule has 0 heterocycles. The van der Waals surface area contributed by atoms with Crippen LogP contribution in [0.1, 0.15) is 47.5 Å². The van der Waals surface area contributed by atoms with Crippen molar-refractivity contribution in [3.63, 3.8) is 0 Å². The highest BCUT2D eigenvalue weighted by molar-refractivity contribution is 5.25. The van der Waals surface area contributed by atoms with Crippen LogP contribution in [-0.2, 0) is 0 Å². The van der Waals surface area contributed by atoms with Gasteiger partial charge in [0.25, 0.3) is 0 Å². The van der Waals surface area contributed by atoms with E-state index < -0.39 is 0 Å². The number of rotatable bonds is 3. The number of hydrogen-bond donors (Lipinski definition) is 1. The minimum absolute atomic E-state index is 0.224. The number of aliphatic hydroxyl groups excluding tert-OH is 1. The van der Waals surface area contributed by atoms with E-state index in [-0.39, 0.29) is 6.10 Å². The van der Waals surface area contributed by atoms with Crippen LogP contribution in [0.5, 0.6) is 0 Å². The van der Waals surface area contributed by atoms with E-state index in [1.165, 1.54) is 11.1 Å². The Labute approximate surface area is 93.9 Å². The quantitative estimate of drug-likeness (QED) is 0.701. The number of hydrogen-bond acceptors (Lipinski definition) is 1. The summed E-state index contributed by atoms with van der Waals surface area (Å²) in [6, 6.07) is 0. The first-order valence-corrected chi connectivity index (χ1v) is 5.87. The lowest BCUT2D eigenvalue weighted by Crippen LogP contribution is -2.21. The molecule has 86 valence electrons. The van der Waals surface area contributed by atoms with Crippen molar-refractivity contribution in [3.8, 4) is 0 Å². The molecule has 0 aliphatic heterocycles. The summed E-state index contributed by atoms with van der Waals surface area (Å²) in [6.07, 6.45) is 6.25. The Hall–Kier alpha value is -0.560. The topological polar surface area (TPSA) is 20.2 Å². The van der Waals surface area contributed by atoms with Gasteiger partial charge in [0.05, 0.1) is 6.10 Å². The molecule has 0 saturated heterocycles. The molecule has 0 aromatic rings. The van der Waals surface area contributed by atoms with E-state index in [2.05, 4.69) is 39.8 Å². The third-order valence-corrected chi connectivity index (χ3v) is 3.88. The minimum Gasteiger partial charge on any atom is -0.393 e. The fraction of sp³-hybridized carbons (Fsp3) is 0.714. The predicted octanol–water partition coefficient (Wildman–Crippen LogP) is 3.70. The van der Waals surface area contributed by atoms with E-state index in [4.69, 9.17) is 0 Å². The molecule has 1 nitrogen and oxygen atoms in total. The molecule has 1 N–H and O–H groups in total. The van der Waals surface area contributed by atoms with Crippen molar-refractivity contribution in [2.75, 3.05) is 0 Å². The fourth-order valence-electron chi connectivity index (χ4n) is 2.38. The van der Waals surface area contributed by atoms with Crippen LogP contribution >= 0.6 is 0 Å². The maximum Gasteiger partial charge on any atom is 0.0546 e. The summed E-state index contributed by atoms with van der Waals surface area (Å²) < 4.78 is 0. The zero-order valence-electron chi connectivity index (χ0n) is 10.7. The standard InChI is InChI=1S/C14H24O/c1-10(6-8-12(3)15)13-9-7-11(2)14(13,4)5/h6-7,12-13,15H,8-9H2,1-5H3. The third-order valence-electron chi connectivity index (χ3n) is 3.88. The Morgan fingerprint density at radius 1 is 1.67 bits per heavy atom. The average Bonchev–Trinajstić information content (AvgIpc) is 2.38. The molecule has 0 spiro atoms. The zero-order chi connectivity index (χ0) is 11.6. The van der Waals surface area contributed by atoms with Crippen molar-refractivity contribution in [2.24, 2.45) is 11.3 Å². The summed E-state index contributed by atoms with van der Waals surface area (Å²) in [4.78, 5) is 0. The smallest absolute Gasteiger partial charge is 0.0546 e. The monoisotopic (exact) mass is 208 g/mol. The lowest BCUT2D eigenvalue weighted by molar-refractivity contribution is 0.197. The van der Waals surface area contributed by atoms with Gasteiger partial charge in [-0.1, -0.05) is 37.1 Å². The van der Waals surface area contributed by atoms with Gasteiger partial charge in [0, 0.05) is 0 Å². The van der Waals surface area contributed by atoms with Crippen molar-refractivity contribution in [1.29, 1.82) is 0 Å². The van der Waals surface area contributed by atoms with Crippen LogP contribution in [-0.4, -0.2) is 11.2 Å². The highest BCUT2D eigenvalue weighted by Gasteiger charge is 2.35. The van der Waals surface area contributed by atoms with Gasteiger partial charge in [-0.05, 0) is 44.9 Å². The molecule has 1 aliphatic rings. The first kappa shape index (κ1) is 12.5. The third kappa shape index (κ3) is 2.72. The summed E-state index contributed by atoms with van der Waals surface area (Å²) in [5, 5.41) is 9.27. The molecule has 0 aromatic heterocycles. The summed E-state index contributed by atoms with van der Waals surface area (Å²) >= 11 is 0. The molecule has 0 bridgehead atoms. The second kappa shape index (κ2) is 4.52. The largest absolute Gasteiger partial charge is 0.393 e. The summed E-state index contributed by atoms with van der Waals surface area (Å²) in [5.74, 6) is 0.622. The average molecular weight is 208 g/mol. The molecule has 0 radical (unpaired) electrons. The van der Waals surface area contributed by atoms with Gasteiger partial charge in [-0.2, -0.15) is 0 Å². The van der Waals surface area contributed by atoms with E-state index >= 15 is 0 Å². The molecule has 15 heavy (non-hydrogen) atoms. The van der Waals surface area contributed by atoms with Crippen LogP contribution in [0.3, 0.4) is 0 Å². The SMILES string of the molecule is CC(=CCC(C)O)C1CC=C(C)C1(C)C. The molecule has 0 aromatic carbocycles. The van der Waals surface area contributed by atoms with Crippen molar-refractivity contribution >= 4 is 0 Å². The lowest BCUT2D eigenvalue weighted by atomic mass is 9.74. The maximum absolute atomic E-state index is 9.27. The summed E-state index contributed by atoms with van der Waals surface area (Å²) in [7, 11) is 0. The van der Waals surface area contributed by atoms with Gasteiger partial charge < -0.3 is 5.11 Å². The Balaban J connectivity index is 2.71. The van der Waals surface area contributed by atoms with E-state index in [9.17, 15) is 5.11 Å². The number of aliphatic hydroxyl groups is 1. The van der Waals surface area contributed by atoms with E-state index in [1.807, 2.05) is 6.92 Å². The first-order valence-electron chi connectivity index (χ1n) is 5.87. The fourth-order valence-corrected chi connectivity index (χ4v) is 2.38. The van der Waals surface area contributed by atoms with Crippen LogP contribution in [0.4, 0.5) is 0 Å². The Morgan fingerprint density at radius 2 is 2.27 bits per heavy atom. The minimum atomic E-state index is -0.224. The van der Waals surface area contributed by atoms with Crippen LogP contribution in [0.25, 0.3) is 0 Å². The van der Waals surface area contributed by atoms with Gasteiger partial charge in [0.15, 0.2) is 0 Å². The van der Waals surface area contributed by atoms with Crippen molar-refractivity contribution in [1.82, 2.24) is 0 Å². The molecule has 2 atom stereocenters. The van der Waals surface area contributed by atoms with Crippen LogP contribution in [0.2, 0.25) is 0 Å². The van der Waals surface area contributed by atoms with Crippen LogP contribution < -0.4 is 0 Å². The highest BCUT2D eigenvalue weighted by atomic mass is 16.3. The van der Waals surface area contributed by atoms with Gasteiger partial charge in [-0.15, -0.1) is 0 Å². The van der Waals surface area contributed by atoms with Gasteiger partial charge in [0.1, 0.15) is 0 Å². The Kier molecular flexibility index (Phi) is 3.77. The molecular weight excluding hydrogens is 184 g/mol. The normalized spacial score (nSPS) is 27.7. The van der Waals surface area contributed by atoms with Gasteiger partial charge in [-0.25, -0.2) is 0 Å². The van der Waals surface area contributed by atoms with Gasteiger partial charge in [-0.3, -0.25) is 0 Å². The second-order valence-electron chi connectivity index (χ2n) is 5.43. The number of allylic oxidation sites excluding steroid dienone is 3. The molecular formula is C14H24O. The van der Waals surface area contributed by atoms with E-state index in [1.54, 1.807) is 0 Å². The maximum atomic E-state index is 9.27. The van der Waals surface area contributed by atoms with E-state index in [0.29, 0.717) is 11.3 Å². The molecule has 0 amide bonds. The molecule has 2 unspecified atom stereocenters. The first-order chi connectivity index (χ1) is 6.85. The van der Waals surface area contributed by atoms with Gasteiger partial charge >= 0.3 is 0 Å². The predicted molar refractivity (Wildman–Crippen MR) is 65.7 cm³/mol. The lowest BCUT2D eigenvalue weighted by Gasteiger charge is -2.30. The summed E-state index contributed by atoms with van der Waals surface area (Å²) in [6.45, 7) is 10.9. The molecule has 0 saturated carbocycles. The van der Waals surface area contributed by atoms with Crippen LogP contribution in [0.15, 0.2) is 23.3 Å².